The van der Waals surface area contributed by atoms with Crippen LogP contribution in [0.5, 0.6) is 0 Å². The number of fused-ring (bicyclic) bond motifs is 1. The van der Waals surface area contributed by atoms with Gasteiger partial charge in [-0.1, -0.05) is 11.6 Å². The van der Waals surface area contributed by atoms with Crippen LogP contribution >= 0.6 is 18.7 Å². The second kappa shape index (κ2) is 9.33. The van der Waals surface area contributed by atoms with Crippen LogP contribution in [0.15, 0.2) is 42.7 Å². The Kier molecular flexibility index (Phi) is 6.62. The van der Waals surface area contributed by atoms with Crippen LogP contribution in [-0.4, -0.2) is 45.0 Å². The number of aromatic nitrogens is 4. The summed E-state index contributed by atoms with van der Waals surface area (Å²) in [5, 5.41) is 13.1. The zero-order chi connectivity index (χ0) is 24.6. The first-order valence-corrected chi connectivity index (χ1v) is 13.2. The fourth-order valence-electron chi connectivity index (χ4n) is 3.47. The van der Waals surface area contributed by atoms with Crippen LogP contribution in [0.2, 0.25) is 5.02 Å². The number of hydrogen-bond donors (Lipinski definition) is 2. The van der Waals surface area contributed by atoms with Crippen molar-refractivity contribution in [3.63, 3.8) is 0 Å². The van der Waals surface area contributed by atoms with Gasteiger partial charge in [-0.15, -0.1) is 0 Å². The van der Waals surface area contributed by atoms with Gasteiger partial charge in [0.2, 0.25) is 0 Å². The number of nitrogens with one attached hydrogen (secondary N) is 1. The Balaban J connectivity index is 1.86. The number of aryl methyl sites for hydroxylation is 1. The van der Waals surface area contributed by atoms with Crippen molar-refractivity contribution in [2.75, 3.05) is 25.3 Å². The lowest BCUT2D eigenvalue weighted by Gasteiger charge is -2.20. The van der Waals surface area contributed by atoms with Gasteiger partial charge in [-0.3, -0.25) is 9.97 Å². The van der Waals surface area contributed by atoms with Crippen molar-refractivity contribution in [3.8, 4) is 11.3 Å². The van der Waals surface area contributed by atoms with Gasteiger partial charge in [-0.2, -0.15) is 0 Å². The maximum Gasteiger partial charge on any atom is 0.151 e. The molecule has 11 heteroatoms. The third-order valence-corrected chi connectivity index (χ3v) is 7.04. The average Bonchev–Trinajstić information content (AvgIpc) is 2.80. The highest BCUT2D eigenvalue weighted by molar-refractivity contribution is 7.69. The Morgan fingerprint density at radius 3 is 2.53 bits per heavy atom. The van der Waals surface area contributed by atoms with Crippen molar-refractivity contribution < 1.29 is 18.5 Å². The summed E-state index contributed by atoms with van der Waals surface area (Å²) >= 11 is 6.51. The summed E-state index contributed by atoms with van der Waals surface area (Å²) in [4.78, 5) is 17.0. The monoisotopic (exact) mass is 503 g/mol. The molecule has 0 unspecified atom stereocenters. The first-order valence-electron chi connectivity index (χ1n) is 10.3. The largest absolute Gasteiger partial charge is 0.394 e. The average molecular weight is 504 g/mol. The molecule has 0 aliphatic heterocycles. The maximum atomic E-state index is 15.0. The van der Waals surface area contributed by atoms with Gasteiger partial charge in [-0.05, 0) is 44.5 Å². The molecule has 2 N–H and O–H groups in total. The van der Waals surface area contributed by atoms with Crippen molar-refractivity contribution in [2.24, 2.45) is 0 Å². The van der Waals surface area contributed by atoms with Gasteiger partial charge in [0, 0.05) is 24.0 Å². The van der Waals surface area contributed by atoms with E-state index in [4.69, 9.17) is 11.6 Å². The molecule has 4 aromatic heterocycles. The van der Waals surface area contributed by atoms with E-state index in [2.05, 4.69) is 25.3 Å². The van der Waals surface area contributed by atoms with Crippen molar-refractivity contribution in [1.29, 1.82) is 0 Å². The van der Waals surface area contributed by atoms with E-state index < -0.39 is 31.4 Å². The number of hydrogen-bond acceptors (Lipinski definition) is 7. The summed E-state index contributed by atoms with van der Waals surface area (Å²) in [5.41, 5.74) is 1.87. The van der Waals surface area contributed by atoms with Crippen LogP contribution in [0.1, 0.15) is 17.4 Å². The van der Waals surface area contributed by atoms with Gasteiger partial charge in [0.1, 0.15) is 29.9 Å². The molecule has 0 bridgehead atoms. The number of pyridine rings is 4. The molecule has 0 radical (unpaired) electrons. The van der Waals surface area contributed by atoms with Crippen LogP contribution in [0.3, 0.4) is 0 Å². The van der Waals surface area contributed by atoms with Gasteiger partial charge >= 0.3 is 0 Å². The predicted molar refractivity (Wildman–Crippen MR) is 129 cm³/mol. The van der Waals surface area contributed by atoms with Gasteiger partial charge in [0.15, 0.2) is 5.82 Å². The Labute approximate surface area is 199 Å². The first-order chi connectivity index (χ1) is 16.1. The fourth-order valence-corrected chi connectivity index (χ4v) is 4.43. The summed E-state index contributed by atoms with van der Waals surface area (Å²) in [6.45, 7) is 4.35. The molecule has 7 nitrogen and oxygen atoms in total. The molecule has 34 heavy (non-hydrogen) atoms. The first kappa shape index (κ1) is 24.1. The second-order valence-corrected chi connectivity index (χ2v) is 11.6. The summed E-state index contributed by atoms with van der Waals surface area (Å²) in [6.07, 6.45) is 2.82. The molecule has 0 saturated carbocycles. The van der Waals surface area contributed by atoms with Crippen molar-refractivity contribution in [3.05, 3.63) is 70.8 Å². The zero-order valence-electron chi connectivity index (χ0n) is 18.6. The lowest BCUT2D eigenvalue weighted by atomic mass is 10.1. The topological polar surface area (TPSA) is 101 Å². The minimum absolute atomic E-state index is 0.00522. The Hall–Kier alpha value is -3.00. The van der Waals surface area contributed by atoms with E-state index in [1.807, 2.05) is 0 Å². The smallest absolute Gasteiger partial charge is 0.151 e. The Morgan fingerprint density at radius 2 is 1.91 bits per heavy atom. The molecule has 0 spiro atoms. The highest BCUT2D eigenvalue weighted by atomic mass is 35.5. The van der Waals surface area contributed by atoms with E-state index in [1.54, 1.807) is 32.4 Å². The van der Waals surface area contributed by atoms with Crippen molar-refractivity contribution in [2.45, 2.75) is 13.0 Å². The summed E-state index contributed by atoms with van der Waals surface area (Å²) in [6, 6.07) is 6.13. The quantitative estimate of drug-likeness (QED) is 0.367. The van der Waals surface area contributed by atoms with Gasteiger partial charge in [0.25, 0.3) is 0 Å². The summed E-state index contributed by atoms with van der Waals surface area (Å²) < 4.78 is 41.6. The van der Waals surface area contributed by atoms with E-state index in [-0.39, 0.29) is 33.1 Å². The predicted octanol–water partition coefficient (Wildman–Crippen LogP) is 4.72. The number of halogens is 3. The highest BCUT2D eigenvalue weighted by Gasteiger charge is 2.23. The number of nitrogens with zero attached hydrogens (tertiary/aromatic N) is 4. The normalized spacial score (nSPS) is 12.7. The minimum Gasteiger partial charge on any atom is -0.394 e. The van der Waals surface area contributed by atoms with E-state index >= 15 is 4.39 Å². The van der Waals surface area contributed by atoms with Crippen LogP contribution in [0.25, 0.3) is 22.3 Å². The van der Waals surface area contributed by atoms with Crippen molar-refractivity contribution >= 4 is 40.9 Å². The molecule has 4 heterocycles. The number of rotatable bonds is 6. The molecule has 176 valence electrons. The standard InChI is InChI=1S/C23H21ClF2N5O2P/c1-12-19(24)23(30-17(11-32)21-14(25)5-4-8-27-21)22-16(29-12)9-15(26)20(31-22)13-6-7-18(28-10-13)34(2,3)33/h4-10,17,32H,11H2,1-3H3,(H,29,30)/t17-/m0/s1. The fraction of sp³-hybridized carbons (Fsp3) is 0.217. The van der Waals surface area contributed by atoms with E-state index in [1.165, 1.54) is 30.6 Å². The zero-order valence-corrected chi connectivity index (χ0v) is 20.2. The lowest BCUT2D eigenvalue weighted by molar-refractivity contribution is 0.271. The van der Waals surface area contributed by atoms with Crippen molar-refractivity contribution in [1.82, 2.24) is 19.9 Å². The minimum atomic E-state index is -2.58. The van der Waals surface area contributed by atoms with E-state index in [0.717, 1.165) is 0 Å². The molecular formula is C23H21ClF2N5O2P. The Morgan fingerprint density at radius 1 is 1.15 bits per heavy atom. The summed E-state index contributed by atoms with van der Waals surface area (Å²) in [7, 11) is -2.58. The summed E-state index contributed by atoms with van der Waals surface area (Å²) in [5.74, 6) is -1.23. The number of anilines is 1. The molecule has 0 aliphatic carbocycles. The maximum absolute atomic E-state index is 15.0. The van der Waals surface area contributed by atoms with Crippen LogP contribution in [0.4, 0.5) is 14.5 Å². The highest BCUT2D eigenvalue weighted by Crippen LogP contribution is 2.37. The molecule has 0 amide bonds. The lowest BCUT2D eigenvalue weighted by Crippen LogP contribution is -2.19. The molecule has 0 aliphatic rings. The molecular weight excluding hydrogens is 483 g/mol. The SMILES string of the molecule is Cc1nc2cc(F)c(-c3ccc(P(C)(C)=O)nc3)nc2c(N[C@@H](CO)c2ncccc2F)c1Cl. The molecule has 0 aromatic carbocycles. The third kappa shape index (κ3) is 4.64. The van der Waals surface area contributed by atoms with Gasteiger partial charge < -0.3 is 15.0 Å². The van der Waals surface area contributed by atoms with Gasteiger partial charge in [0.05, 0.1) is 40.0 Å². The van der Waals surface area contributed by atoms with Crippen LogP contribution in [0, 0.1) is 18.6 Å². The van der Waals surface area contributed by atoms with Gasteiger partial charge in [-0.25, -0.2) is 18.7 Å². The van der Waals surface area contributed by atoms with Crippen LogP contribution in [-0.2, 0) is 4.57 Å². The number of aliphatic hydroxyl groups is 1. The second-order valence-electron chi connectivity index (χ2n) is 8.08. The molecule has 4 aromatic rings. The molecule has 1 atom stereocenters. The molecule has 0 fully saturated rings. The molecule has 4 rings (SSSR count). The van der Waals surface area contributed by atoms with E-state index in [0.29, 0.717) is 16.7 Å². The van der Waals surface area contributed by atoms with Crippen LogP contribution < -0.4 is 10.8 Å². The number of aliphatic hydroxyl groups excluding tert-OH is 1. The Bertz CT molecular complexity index is 1430. The third-order valence-electron chi connectivity index (χ3n) is 5.21. The van der Waals surface area contributed by atoms with E-state index in [9.17, 15) is 14.1 Å². The molecule has 0 saturated heterocycles.